The van der Waals surface area contributed by atoms with Gasteiger partial charge in [-0.3, -0.25) is 9.59 Å². The molecular weight excluding hydrogens is 420 g/mol. The molecule has 1 N–H and O–H groups in total. The summed E-state index contributed by atoms with van der Waals surface area (Å²) in [4.78, 5) is 30.0. The summed E-state index contributed by atoms with van der Waals surface area (Å²) in [6.45, 7) is 10.2. The zero-order valence-electron chi connectivity index (χ0n) is 19.5. The van der Waals surface area contributed by atoms with Crippen LogP contribution >= 0.6 is 11.3 Å². The fourth-order valence-corrected chi connectivity index (χ4v) is 4.45. The second-order valence-electron chi connectivity index (χ2n) is 9.53. The number of rotatable bonds is 6. The largest absolute Gasteiger partial charge is 0.469 e. The van der Waals surface area contributed by atoms with Gasteiger partial charge in [0.05, 0.1) is 22.4 Å². The summed E-state index contributed by atoms with van der Waals surface area (Å²) in [7, 11) is 1.40. The molecule has 0 aliphatic rings. The number of aromatic nitrogens is 1. The SMILES string of the molecule is COC(=O)C(C)(C)Cc1ncc(-c2ccc(NC(=O)c3ccc(C(C)(C)C)cc3)cc2)s1. The van der Waals surface area contributed by atoms with Gasteiger partial charge in [0.2, 0.25) is 0 Å². The van der Waals surface area contributed by atoms with Gasteiger partial charge in [-0.15, -0.1) is 11.3 Å². The number of esters is 1. The van der Waals surface area contributed by atoms with Crippen LogP contribution in [0.3, 0.4) is 0 Å². The predicted octanol–water partition coefficient (Wildman–Crippen LogP) is 6.10. The lowest BCUT2D eigenvalue weighted by atomic mass is 9.87. The van der Waals surface area contributed by atoms with Crippen LogP contribution in [0.5, 0.6) is 0 Å². The Labute approximate surface area is 193 Å². The highest BCUT2D eigenvalue weighted by atomic mass is 32.1. The van der Waals surface area contributed by atoms with Crippen LogP contribution in [0, 0.1) is 5.41 Å². The maximum absolute atomic E-state index is 12.6. The van der Waals surface area contributed by atoms with E-state index in [0.717, 1.165) is 21.1 Å². The smallest absolute Gasteiger partial charge is 0.311 e. The lowest BCUT2D eigenvalue weighted by Gasteiger charge is -2.19. The molecule has 0 spiro atoms. The molecule has 5 nitrogen and oxygen atoms in total. The molecule has 0 saturated heterocycles. The fourth-order valence-electron chi connectivity index (χ4n) is 3.29. The molecule has 2 aromatic carbocycles. The van der Waals surface area contributed by atoms with E-state index in [1.165, 1.54) is 12.7 Å². The van der Waals surface area contributed by atoms with Gasteiger partial charge >= 0.3 is 5.97 Å². The van der Waals surface area contributed by atoms with Crippen LogP contribution in [-0.4, -0.2) is 24.0 Å². The molecule has 1 heterocycles. The van der Waals surface area contributed by atoms with Crippen molar-refractivity contribution in [2.75, 3.05) is 12.4 Å². The summed E-state index contributed by atoms with van der Waals surface area (Å²) in [6.07, 6.45) is 2.34. The van der Waals surface area contributed by atoms with Gasteiger partial charge in [-0.1, -0.05) is 45.0 Å². The van der Waals surface area contributed by atoms with E-state index < -0.39 is 5.41 Å². The van der Waals surface area contributed by atoms with Crippen LogP contribution in [0.2, 0.25) is 0 Å². The average molecular weight is 451 g/mol. The first-order chi connectivity index (χ1) is 15.0. The van der Waals surface area contributed by atoms with Crippen molar-refractivity contribution >= 4 is 28.9 Å². The Morgan fingerprint density at radius 1 is 0.969 bits per heavy atom. The highest BCUT2D eigenvalue weighted by Gasteiger charge is 2.30. The number of hydrogen-bond donors (Lipinski definition) is 1. The summed E-state index contributed by atoms with van der Waals surface area (Å²) in [6, 6.07) is 15.4. The Kier molecular flexibility index (Phi) is 6.84. The minimum absolute atomic E-state index is 0.0520. The van der Waals surface area contributed by atoms with E-state index in [-0.39, 0.29) is 17.3 Å². The van der Waals surface area contributed by atoms with Crippen molar-refractivity contribution in [3.63, 3.8) is 0 Å². The highest BCUT2D eigenvalue weighted by Crippen LogP contribution is 2.31. The lowest BCUT2D eigenvalue weighted by Crippen LogP contribution is -2.27. The zero-order valence-corrected chi connectivity index (χ0v) is 20.3. The van der Waals surface area contributed by atoms with Gasteiger partial charge < -0.3 is 10.1 Å². The number of nitrogens with one attached hydrogen (secondary N) is 1. The van der Waals surface area contributed by atoms with Crippen molar-refractivity contribution in [1.29, 1.82) is 0 Å². The Morgan fingerprint density at radius 3 is 2.16 bits per heavy atom. The molecule has 6 heteroatoms. The fraction of sp³-hybridized carbons (Fsp3) is 0.346. The monoisotopic (exact) mass is 450 g/mol. The minimum atomic E-state index is -0.622. The van der Waals surface area contributed by atoms with Crippen molar-refractivity contribution in [3.05, 3.63) is 70.9 Å². The minimum Gasteiger partial charge on any atom is -0.469 e. The maximum atomic E-state index is 12.6. The predicted molar refractivity (Wildman–Crippen MR) is 130 cm³/mol. The first kappa shape index (κ1) is 23.7. The normalized spacial score (nSPS) is 11.8. The van der Waals surface area contributed by atoms with Crippen molar-refractivity contribution in [2.45, 2.75) is 46.5 Å². The molecular formula is C26H30N2O3S. The number of methoxy groups -OCH3 is 1. The van der Waals surface area contributed by atoms with E-state index in [1.807, 2.05) is 68.6 Å². The maximum Gasteiger partial charge on any atom is 0.311 e. The number of amides is 1. The van der Waals surface area contributed by atoms with Crippen LogP contribution < -0.4 is 5.32 Å². The summed E-state index contributed by atoms with van der Waals surface area (Å²) in [5, 5.41) is 3.83. The Balaban J connectivity index is 1.66. The van der Waals surface area contributed by atoms with Crippen molar-refractivity contribution in [3.8, 4) is 10.4 Å². The van der Waals surface area contributed by atoms with Gasteiger partial charge in [0.25, 0.3) is 5.91 Å². The number of hydrogen-bond acceptors (Lipinski definition) is 5. The number of ether oxygens (including phenoxy) is 1. The first-order valence-electron chi connectivity index (χ1n) is 10.5. The number of nitrogens with zero attached hydrogens (tertiary/aromatic N) is 1. The van der Waals surface area contributed by atoms with Gasteiger partial charge in [0.1, 0.15) is 0 Å². The molecule has 3 rings (SSSR count). The number of carbonyl (C=O) groups is 2. The van der Waals surface area contributed by atoms with Crippen molar-refractivity contribution < 1.29 is 14.3 Å². The third-order valence-corrected chi connectivity index (χ3v) is 6.37. The standard InChI is InChI=1S/C26H30N2O3S/c1-25(2,3)19-11-7-18(8-12-19)23(29)28-20-13-9-17(10-14-20)21-16-27-22(32-21)15-26(4,5)24(30)31-6/h7-14,16H,15H2,1-6H3,(H,28,29). The van der Waals surface area contributed by atoms with E-state index in [1.54, 1.807) is 11.3 Å². The summed E-state index contributed by atoms with van der Waals surface area (Å²) >= 11 is 1.55. The van der Waals surface area contributed by atoms with Gasteiger partial charge in [0.15, 0.2) is 0 Å². The molecule has 168 valence electrons. The zero-order chi connectivity index (χ0) is 23.5. The summed E-state index contributed by atoms with van der Waals surface area (Å²) in [5.41, 5.74) is 2.99. The van der Waals surface area contributed by atoms with E-state index in [2.05, 4.69) is 31.1 Å². The molecule has 0 aliphatic heterocycles. The molecule has 0 fully saturated rings. The Hall–Kier alpha value is -2.99. The molecule has 0 radical (unpaired) electrons. The second-order valence-corrected chi connectivity index (χ2v) is 10.6. The molecule has 0 bridgehead atoms. The Bertz CT molecular complexity index is 1090. The molecule has 3 aromatic rings. The van der Waals surface area contributed by atoms with E-state index in [9.17, 15) is 9.59 Å². The molecule has 0 saturated carbocycles. The first-order valence-corrected chi connectivity index (χ1v) is 11.4. The van der Waals surface area contributed by atoms with Crippen LogP contribution in [0.1, 0.15) is 55.5 Å². The van der Waals surface area contributed by atoms with Crippen molar-refractivity contribution in [1.82, 2.24) is 4.98 Å². The van der Waals surface area contributed by atoms with Crippen LogP contribution in [0.25, 0.3) is 10.4 Å². The molecule has 0 atom stereocenters. The highest BCUT2D eigenvalue weighted by molar-refractivity contribution is 7.15. The van der Waals surface area contributed by atoms with E-state index >= 15 is 0 Å². The van der Waals surface area contributed by atoms with E-state index in [4.69, 9.17) is 4.74 Å². The third-order valence-electron chi connectivity index (χ3n) is 5.33. The number of anilines is 1. The number of benzene rings is 2. The molecule has 1 amide bonds. The van der Waals surface area contributed by atoms with Crippen molar-refractivity contribution in [2.24, 2.45) is 5.41 Å². The van der Waals surface area contributed by atoms with Crippen LogP contribution in [0.15, 0.2) is 54.7 Å². The molecule has 32 heavy (non-hydrogen) atoms. The lowest BCUT2D eigenvalue weighted by molar-refractivity contribution is -0.150. The molecule has 1 aromatic heterocycles. The quantitative estimate of drug-likeness (QED) is 0.461. The number of thiazole rings is 1. The second kappa shape index (κ2) is 9.25. The van der Waals surface area contributed by atoms with Crippen LogP contribution in [0.4, 0.5) is 5.69 Å². The number of carbonyl (C=O) groups excluding carboxylic acids is 2. The average Bonchev–Trinajstić information content (AvgIpc) is 3.20. The molecule has 0 aliphatic carbocycles. The third kappa shape index (κ3) is 5.62. The topological polar surface area (TPSA) is 68.3 Å². The summed E-state index contributed by atoms with van der Waals surface area (Å²) < 4.78 is 4.88. The van der Waals surface area contributed by atoms with Gasteiger partial charge in [0, 0.05) is 23.9 Å². The van der Waals surface area contributed by atoms with Gasteiger partial charge in [-0.25, -0.2) is 4.98 Å². The van der Waals surface area contributed by atoms with E-state index in [0.29, 0.717) is 12.0 Å². The summed E-state index contributed by atoms with van der Waals surface area (Å²) in [5.74, 6) is -0.384. The molecule has 0 unspecified atom stereocenters. The van der Waals surface area contributed by atoms with Gasteiger partial charge in [-0.2, -0.15) is 0 Å². The Morgan fingerprint density at radius 2 is 1.59 bits per heavy atom. The van der Waals surface area contributed by atoms with Gasteiger partial charge in [-0.05, 0) is 54.7 Å². The van der Waals surface area contributed by atoms with Crippen LogP contribution in [-0.2, 0) is 21.4 Å².